The average Bonchev–Trinajstić information content (AvgIpc) is 2.82. The number of nitrogens with two attached hydrogens (primary N) is 1. The van der Waals surface area contributed by atoms with Crippen LogP contribution in [0.2, 0.25) is 0 Å². The van der Waals surface area contributed by atoms with Gasteiger partial charge in [0.15, 0.2) is 0 Å². The molecule has 130 valence electrons. The fourth-order valence-corrected chi connectivity index (χ4v) is 4.26. The number of carbonyl (C=O) groups is 1. The smallest absolute Gasteiger partial charge is 0.255 e. The monoisotopic (exact) mass is 339 g/mol. The summed E-state index contributed by atoms with van der Waals surface area (Å²) in [5, 5.41) is 0. The molecule has 2 fully saturated rings. The molecule has 2 heterocycles. The first kappa shape index (κ1) is 18.3. The summed E-state index contributed by atoms with van der Waals surface area (Å²) in [7, 11) is 0. The second kappa shape index (κ2) is 7.71. The van der Waals surface area contributed by atoms with Crippen molar-refractivity contribution in [2.45, 2.75) is 70.9 Å². The van der Waals surface area contributed by atoms with Crippen molar-refractivity contribution in [3.8, 4) is 0 Å². The van der Waals surface area contributed by atoms with Crippen LogP contribution in [0.1, 0.15) is 72.7 Å². The molecule has 1 aromatic heterocycles. The van der Waals surface area contributed by atoms with Crippen LogP contribution in [0, 0.1) is 13.8 Å². The number of nitrogens with zero attached hydrogens (tertiary/aromatic N) is 2. The van der Waals surface area contributed by atoms with Gasteiger partial charge in [-0.15, -0.1) is 12.4 Å². The van der Waals surface area contributed by atoms with Crippen molar-refractivity contribution >= 4 is 18.3 Å². The third kappa shape index (κ3) is 3.74. The highest BCUT2D eigenvalue weighted by Gasteiger charge is 2.27. The molecule has 2 aliphatic rings. The normalized spacial score (nSPS) is 22.7. The lowest BCUT2D eigenvalue weighted by molar-refractivity contribution is 0.0708. The molecule has 0 bridgehead atoms. The molecule has 23 heavy (non-hydrogen) atoms. The van der Waals surface area contributed by atoms with Crippen LogP contribution in [0.15, 0.2) is 6.07 Å². The van der Waals surface area contributed by atoms with E-state index < -0.39 is 0 Å². The van der Waals surface area contributed by atoms with Gasteiger partial charge in [-0.3, -0.25) is 4.79 Å². The Balaban J connectivity index is 0.00000192. The number of aromatic nitrogens is 1. The van der Waals surface area contributed by atoms with E-state index in [-0.39, 0.29) is 24.4 Å². The van der Waals surface area contributed by atoms with E-state index in [1.807, 2.05) is 4.90 Å². The molecule has 5 heteroatoms. The summed E-state index contributed by atoms with van der Waals surface area (Å²) in [6.07, 6.45) is 8.53. The fourth-order valence-electron chi connectivity index (χ4n) is 4.26. The van der Waals surface area contributed by atoms with Crippen LogP contribution < -0.4 is 5.73 Å². The maximum atomic E-state index is 12.9. The van der Waals surface area contributed by atoms with Crippen molar-refractivity contribution in [1.29, 1.82) is 0 Å². The van der Waals surface area contributed by atoms with Gasteiger partial charge in [0.1, 0.15) is 0 Å². The van der Waals surface area contributed by atoms with E-state index in [1.54, 1.807) is 0 Å². The number of likely N-dealkylation sites (tertiary alicyclic amines) is 1. The number of hydrogen-bond donors (Lipinski definition) is 1. The minimum Gasteiger partial charge on any atom is -0.345 e. The molecule has 3 rings (SSSR count). The van der Waals surface area contributed by atoms with Crippen molar-refractivity contribution in [2.24, 2.45) is 5.73 Å². The molecule has 1 aromatic rings. The lowest BCUT2D eigenvalue weighted by Crippen LogP contribution is -2.45. The van der Waals surface area contributed by atoms with Crippen LogP contribution in [-0.4, -0.2) is 34.5 Å². The lowest BCUT2D eigenvalue weighted by atomic mass is 9.95. The molecule has 0 aromatic carbocycles. The summed E-state index contributed by atoms with van der Waals surface area (Å²) in [5.41, 5.74) is 9.30. The lowest BCUT2D eigenvalue weighted by Gasteiger charge is -2.31. The van der Waals surface area contributed by atoms with Gasteiger partial charge in [-0.05, 0) is 45.6 Å². The Hall–Kier alpha value is -1.000. The quantitative estimate of drug-likeness (QED) is 0.895. The second-order valence-corrected chi connectivity index (χ2v) is 7.10. The van der Waals surface area contributed by atoms with E-state index in [9.17, 15) is 4.79 Å². The van der Waals surface area contributed by atoms with Crippen LogP contribution in [0.25, 0.3) is 0 Å². The van der Waals surface area contributed by atoms with Crippen molar-refractivity contribution in [3.05, 3.63) is 23.0 Å². The second-order valence-electron chi connectivity index (χ2n) is 7.10. The molecule has 1 amide bonds. The van der Waals surface area contributed by atoms with E-state index in [1.165, 1.54) is 37.8 Å². The minimum atomic E-state index is 0. The average molecular weight is 340 g/mol. The molecule has 2 N–H and O–H groups in total. The Labute approximate surface area is 145 Å². The standard InChI is InChI=1S/C18H29N3O.ClH/c1-13-11-17(18(22)20-10-6-7-15(19)12-20)14(2)21(13)16-8-4-3-5-9-16;/h11,15-16H,3-10,12,19H2,1-2H3;1H. The number of halogens is 1. The van der Waals surface area contributed by atoms with E-state index in [2.05, 4.69) is 24.5 Å². The number of piperidine rings is 1. The van der Waals surface area contributed by atoms with Crippen LogP contribution in [0.3, 0.4) is 0 Å². The Morgan fingerprint density at radius 2 is 1.83 bits per heavy atom. The van der Waals surface area contributed by atoms with Gasteiger partial charge in [0, 0.05) is 36.6 Å². The number of amides is 1. The van der Waals surface area contributed by atoms with E-state index in [4.69, 9.17) is 5.73 Å². The molecule has 1 unspecified atom stereocenters. The van der Waals surface area contributed by atoms with Gasteiger partial charge in [-0.25, -0.2) is 0 Å². The van der Waals surface area contributed by atoms with Crippen LogP contribution in [0.5, 0.6) is 0 Å². The zero-order valence-electron chi connectivity index (χ0n) is 14.4. The van der Waals surface area contributed by atoms with Gasteiger partial charge in [0.05, 0.1) is 5.56 Å². The number of rotatable bonds is 2. The van der Waals surface area contributed by atoms with Gasteiger partial charge in [-0.1, -0.05) is 19.3 Å². The molecule has 1 atom stereocenters. The van der Waals surface area contributed by atoms with Gasteiger partial charge >= 0.3 is 0 Å². The molecule has 1 saturated carbocycles. The van der Waals surface area contributed by atoms with E-state index >= 15 is 0 Å². The molecule has 0 spiro atoms. The molecule has 0 radical (unpaired) electrons. The first-order valence-corrected chi connectivity index (χ1v) is 8.81. The zero-order chi connectivity index (χ0) is 15.7. The highest BCUT2D eigenvalue weighted by atomic mass is 35.5. The Bertz CT molecular complexity index is 549. The van der Waals surface area contributed by atoms with E-state index in [0.717, 1.165) is 30.6 Å². The maximum absolute atomic E-state index is 12.9. The summed E-state index contributed by atoms with van der Waals surface area (Å²) in [6, 6.07) is 2.81. The summed E-state index contributed by atoms with van der Waals surface area (Å²) >= 11 is 0. The molecule has 1 aliphatic heterocycles. The highest BCUT2D eigenvalue weighted by Crippen LogP contribution is 2.32. The zero-order valence-corrected chi connectivity index (χ0v) is 15.2. The predicted molar refractivity (Wildman–Crippen MR) is 96.4 cm³/mol. The maximum Gasteiger partial charge on any atom is 0.255 e. The summed E-state index contributed by atoms with van der Waals surface area (Å²) in [5.74, 6) is 0.172. The molecular weight excluding hydrogens is 310 g/mol. The molecule has 1 aliphatic carbocycles. The summed E-state index contributed by atoms with van der Waals surface area (Å²) in [6.45, 7) is 5.80. The molecule has 1 saturated heterocycles. The van der Waals surface area contributed by atoms with Crippen molar-refractivity contribution in [1.82, 2.24) is 9.47 Å². The SMILES string of the molecule is Cc1cc(C(=O)N2CCCC(N)C2)c(C)n1C1CCCCC1.Cl. The number of hydrogen-bond acceptors (Lipinski definition) is 2. The van der Waals surface area contributed by atoms with Crippen molar-refractivity contribution in [2.75, 3.05) is 13.1 Å². The highest BCUT2D eigenvalue weighted by molar-refractivity contribution is 5.95. The van der Waals surface area contributed by atoms with Crippen LogP contribution in [0.4, 0.5) is 0 Å². The topological polar surface area (TPSA) is 51.3 Å². The van der Waals surface area contributed by atoms with Crippen LogP contribution in [-0.2, 0) is 0 Å². The van der Waals surface area contributed by atoms with Gasteiger partial charge in [0.2, 0.25) is 0 Å². The van der Waals surface area contributed by atoms with Gasteiger partial charge in [0.25, 0.3) is 5.91 Å². The first-order valence-electron chi connectivity index (χ1n) is 8.81. The first-order chi connectivity index (χ1) is 10.6. The Morgan fingerprint density at radius 1 is 1.13 bits per heavy atom. The predicted octanol–water partition coefficient (Wildman–Crippen LogP) is 3.60. The third-order valence-corrected chi connectivity index (χ3v) is 5.40. The largest absolute Gasteiger partial charge is 0.345 e. The Morgan fingerprint density at radius 3 is 2.48 bits per heavy atom. The van der Waals surface area contributed by atoms with Gasteiger partial charge in [-0.2, -0.15) is 0 Å². The Kier molecular flexibility index (Phi) is 6.15. The summed E-state index contributed by atoms with van der Waals surface area (Å²) in [4.78, 5) is 14.8. The fraction of sp³-hybridized carbons (Fsp3) is 0.722. The molecular formula is C18H30ClN3O. The van der Waals surface area contributed by atoms with E-state index in [0.29, 0.717) is 12.6 Å². The number of carbonyl (C=O) groups excluding carboxylic acids is 1. The summed E-state index contributed by atoms with van der Waals surface area (Å²) < 4.78 is 2.41. The van der Waals surface area contributed by atoms with Gasteiger partial charge < -0.3 is 15.2 Å². The third-order valence-electron chi connectivity index (χ3n) is 5.40. The van der Waals surface area contributed by atoms with Crippen molar-refractivity contribution in [3.63, 3.8) is 0 Å². The van der Waals surface area contributed by atoms with Crippen molar-refractivity contribution < 1.29 is 4.79 Å². The molecule has 4 nitrogen and oxygen atoms in total. The minimum absolute atomic E-state index is 0. The number of aryl methyl sites for hydroxylation is 1. The van der Waals surface area contributed by atoms with Crippen LogP contribution >= 0.6 is 12.4 Å².